The molecule has 0 heterocycles. The lowest BCUT2D eigenvalue weighted by Crippen LogP contribution is -2.37. The maximum absolute atomic E-state index is 11.1. The lowest BCUT2D eigenvalue weighted by atomic mass is 10.2. The number of nitrogens with one attached hydrogen (secondary N) is 1. The van der Waals surface area contributed by atoms with Crippen molar-refractivity contribution in [2.75, 3.05) is 0 Å². The Balaban J connectivity index is 0.00000196. The van der Waals surface area contributed by atoms with Gasteiger partial charge in [0.05, 0.1) is 6.04 Å². The predicted molar refractivity (Wildman–Crippen MR) is 67.3 cm³/mol. The molecule has 5 heteroatoms. The number of halogens is 2. The van der Waals surface area contributed by atoms with Gasteiger partial charge in [0, 0.05) is 11.6 Å². The van der Waals surface area contributed by atoms with Crippen molar-refractivity contribution in [2.24, 2.45) is 5.73 Å². The van der Waals surface area contributed by atoms with Crippen molar-refractivity contribution in [3.05, 3.63) is 34.9 Å². The number of nitrogens with two attached hydrogens (primary N) is 1. The van der Waals surface area contributed by atoms with Crippen molar-refractivity contribution in [2.45, 2.75) is 19.5 Å². The van der Waals surface area contributed by atoms with Crippen LogP contribution in [0.15, 0.2) is 24.3 Å². The normalized spacial score (nSPS) is 11.4. The zero-order chi connectivity index (χ0) is 10.6. The van der Waals surface area contributed by atoms with Gasteiger partial charge in [-0.25, -0.2) is 0 Å². The molecular formula is C10H14BrClN2O. The molecule has 1 amide bonds. The fourth-order valence-electron chi connectivity index (χ4n) is 0.952. The van der Waals surface area contributed by atoms with Crippen LogP contribution in [0.3, 0.4) is 0 Å². The van der Waals surface area contributed by atoms with Crippen LogP contribution in [-0.2, 0) is 11.3 Å². The van der Waals surface area contributed by atoms with Gasteiger partial charge in [0.25, 0.3) is 0 Å². The van der Waals surface area contributed by atoms with Crippen LogP contribution in [0.4, 0.5) is 0 Å². The number of hydrogen-bond acceptors (Lipinski definition) is 2. The Morgan fingerprint density at radius 3 is 2.47 bits per heavy atom. The average molecular weight is 294 g/mol. The number of carbonyl (C=O) groups is 1. The molecule has 1 atom stereocenters. The van der Waals surface area contributed by atoms with Gasteiger partial charge in [0.1, 0.15) is 0 Å². The molecule has 84 valence electrons. The second-order valence-electron chi connectivity index (χ2n) is 3.13. The first-order valence-electron chi connectivity index (χ1n) is 4.37. The summed E-state index contributed by atoms with van der Waals surface area (Å²) < 4.78 is 0. The van der Waals surface area contributed by atoms with Crippen LogP contribution in [0.5, 0.6) is 0 Å². The number of hydrogen-bond donors (Lipinski definition) is 2. The maximum atomic E-state index is 11.1. The highest BCUT2D eigenvalue weighted by Gasteiger charge is 2.05. The van der Waals surface area contributed by atoms with E-state index in [2.05, 4.69) is 5.32 Å². The second kappa shape index (κ2) is 6.82. The summed E-state index contributed by atoms with van der Waals surface area (Å²) in [6, 6.07) is 6.83. The van der Waals surface area contributed by atoms with Crippen molar-refractivity contribution in [1.29, 1.82) is 0 Å². The molecule has 3 nitrogen and oxygen atoms in total. The number of amides is 1. The highest BCUT2D eigenvalue weighted by molar-refractivity contribution is 8.93. The molecule has 0 saturated carbocycles. The predicted octanol–water partition coefficient (Wildman–Crippen LogP) is 1.88. The van der Waals surface area contributed by atoms with E-state index in [9.17, 15) is 4.79 Å². The minimum absolute atomic E-state index is 0. The van der Waals surface area contributed by atoms with Gasteiger partial charge in [-0.1, -0.05) is 23.7 Å². The van der Waals surface area contributed by atoms with Gasteiger partial charge in [-0.3, -0.25) is 4.79 Å². The van der Waals surface area contributed by atoms with E-state index < -0.39 is 6.04 Å². The van der Waals surface area contributed by atoms with Crippen molar-refractivity contribution in [3.8, 4) is 0 Å². The minimum Gasteiger partial charge on any atom is -0.351 e. The van der Waals surface area contributed by atoms with Crippen molar-refractivity contribution >= 4 is 34.5 Å². The summed E-state index contributed by atoms with van der Waals surface area (Å²) in [5, 5.41) is 3.40. The fourth-order valence-corrected chi connectivity index (χ4v) is 1.08. The smallest absolute Gasteiger partial charge is 0.236 e. The highest BCUT2D eigenvalue weighted by atomic mass is 79.9. The first-order valence-corrected chi connectivity index (χ1v) is 4.75. The molecule has 1 aromatic carbocycles. The first kappa shape index (κ1) is 14.4. The average Bonchev–Trinajstić information content (AvgIpc) is 2.16. The van der Waals surface area contributed by atoms with Gasteiger partial charge < -0.3 is 11.1 Å². The molecule has 0 saturated heterocycles. The van der Waals surface area contributed by atoms with Gasteiger partial charge in [-0.2, -0.15) is 0 Å². The quantitative estimate of drug-likeness (QED) is 0.894. The third-order valence-corrected chi connectivity index (χ3v) is 2.05. The summed E-state index contributed by atoms with van der Waals surface area (Å²) in [7, 11) is 0. The Kier molecular flexibility index (Phi) is 6.56. The molecule has 0 aliphatic rings. The van der Waals surface area contributed by atoms with Crippen LogP contribution >= 0.6 is 28.6 Å². The SMILES string of the molecule is Br.CC(N)C(=O)NCc1ccc(Cl)cc1. The molecule has 0 aromatic heterocycles. The summed E-state index contributed by atoms with van der Waals surface area (Å²) in [5.41, 5.74) is 6.39. The van der Waals surface area contributed by atoms with Gasteiger partial charge >= 0.3 is 0 Å². The van der Waals surface area contributed by atoms with E-state index >= 15 is 0 Å². The molecule has 0 spiro atoms. The molecule has 15 heavy (non-hydrogen) atoms. The van der Waals surface area contributed by atoms with Crippen LogP contribution in [-0.4, -0.2) is 11.9 Å². The largest absolute Gasteiger partial charge is 0.351 e. The van der Waals surface area contributed by atoms with Crippen LogP contribution < -0.4 is 11.1 Å². The molecule has 0 radical (unpaired) electrons. The van der Waals surface area contributed by atoms with Gasteiger partial charge in [0.2, 0.25) is 5.91 Å². The summed E-state index contributed by atoms with van der Waals surface area (Å²) in [5.74, 6) is -0.153. The zero-order valence-electron chi connectivity index (χ0n) is 8.37. The third kappa shape index (κ3) is 5.16. The van der Waals surface area contributed by atoms with Gasteiger partial charge in [-0.05, 0) is 24.6 Å². The monoisotopic (exact) mass is 292 g/mol. The molecule has 1 unspecified atom stereocenters. The van der Waals surface area contributed by atoms with Crippen LogP contribution in [0.1, 0.15) is 12.5 Å². The molecule has 0 bridgehead atoms. The highest BCUT2D eigenvalue weighted by Crippen LogP contribution is 2.08. The van der Waals surface area contributed by atoms with Crippen LogP contribution in [0.2, 0.25) is 5.02 Å². The van der Waals surface area contributed by atoms with Crippen LogP contribution in [0, 0.1) is 0 Å². The van der Waals surface area contributed by atoms with E-state index in [1.165, 1.54) is 0 Å². The standard InChI is InChI=1S/C10H13ClN2O.BrH/c1-7(12)10(14)13-6-8-2-4-9(11)5-3-8;/h2-5,7H,6,12H2,1H3,(H,13,14);1H. The fraction of sp³-hybridized carbons (Fsp3) is 0.300. The van der Waals surface area contributed by atoms with E-state index in [1.807, 2.05) is 12.1 Å². The minimum atomic E-state index is -0.470. The lowest BCUT2D eigenvalue weighted by Gasteiger charge is -2.07. The molecule has 1 rings (SSSR count). The summed E-state index contributed by atoms with van der Waals surface area (Å²) in [4.78, 5) is 11.1. The molecule has 1 aromatic rings. The number of rotatable bonds is 3. The van der Waals surface area contributed by atoms with Gasteiger partial charge in [-0.15, -0.1) is 17.0 Å². The van der Waals surface area contributed by atoms with Crippen molar-refractivity contribution < 1.29 is 4.79 Å². The Hall–Kier alpha value is -0.580. The van der Waals surface area contributed by atoms with Gasteiger partial charge in [0.15, 0.2) is 0 Å². The van der Waals surface area contributed by atoms with E-state index in [0.717, 1.165) is 5.56 Å². The Morgan fingerprint density at radius 1 is 1.47 bits per heavy atom. The molecule has 0 aliphatic heterocycles. The maximum Gasteiger partial charge on any atom is 0.236 e. The summed E-state index contributed by atoms with van der Waals surface area (Å²) in [6.45, 7) is 2.13. The van der Waals surface area contributed by atoms with Crippen molar-refractivity contribution in [3.63, 3.8) is 0 Å². The lowest BCUT2D eigenvalue weighted by molar-refractivity contribution is -0.122. The Labute approximate surface area is 105 Å². The number of carbonyl (C=O) groups excluding carboxylic acids is 1. The summed E-state index contributed by atoms with van der Waals surface area (Å²) in [6.07, 6.45) is 0. The molecule has 0 aliphatic carbocycles. The van der Waals surface area contributed by atoms with Crippen LogP contribution in [0.25, 0.3) is 0 Å². The number of benzene rings is 1. The molecule has 0 fully saturated rings. The topological polar surface area (TPSA) is 55.1 Å². The van der Waals surface area contributed by atoms with E-state index in [1.54, 1.807) is 19.1 Å². The van der Waals surface area contributed by atoms with Crippen molar-refractivity contribution in [1.82, 2.24) is 5.32 Å². The third-order valence-electron chi connectivity index (χ3n) is 1.79. The summed E-state index contributed by atoms with van der Waals surface area (Å²) >= 11 is 5.72. The zero-order valence-corrected chi connectivity index (χ0v) is 10.8. The molecular weight excluding hydrogens is 279 g/mol. The first-order chi connectivity index (χ1) is 6.59. The van der Waals surface area contributed by atoms with E-state index in [0.29, 0.717) is 11.6 Å². The Bertz CT molecular complexity index is 314. The molecule has 3 N–H and O–H groups in total. The Morgan fingerprint density at radius 2 is 2.00 bits per heavy atom. The second-order valence-corrected chi connectivity index (χ2v) is 3.57. The van der Waals surface area contributed by atoms with E-state index in [-0.39, 0.29) is 22.9 Å². The van der Waals surface area contributed by atoms with E-state index in [4.69, 9.17) is 17.3 Å².